The van der Waals surface area contributed by atoms with E-state index in [0.29, 0.717) is 13.2 Å². The molecule has 4 heteroatoms. The van der Waals surface area contributed by atoms with Crippen molar-refractivity contribution in [3.63, 3.8) is 0 Å². The summed E-state index contributed by atoms with van der Waals surface area (Å²) in [5.41, 5.74) is 5.88. The highest BCUT2D eigenvalue weighted by atomic mass is 79.9. The lowest BCUT2D eigenvalue weighted by Gasteiger charge is -2.14. The van der Waals surface area contributed by atoms with Crippen molar-refractivity contribution < 1.29 is 4.74 Å². The van der Waals surface area contributed by atoms with Gasteiger partial charge in [0.15, 0.2) is 0 Å². The maximum atomic E-state index is 6.05. The predicted octanol–water partition coefficient (Wildman–Crippen LogP) is 6.91. The zero-order valence-corrected chi connectivity index (χ0v) is 17.2. The van der Waals surface area contributed by atoms with Crippen molar-refractivity contribution in [2.75, 3.05) is 5.32 Å². The van der Waals surface area contributed by atoms with Crippen LogP contribution >= 0.6 is 27.5 Å². The lowest BCUT2D eigenvalue weighted by atomic mass is 10.1. The number of anilines is 1. The maximum absolute atomic E-state index is 6.05. The second-order valence-corrected chi connectivity index (χ2v) is 7.67. The van der Waals surface area contributed by atoms with Crippen LogP contribution in [0.2, 0.25) is 5.02 Å². The standard InChI is InChI=1S/C22H21BrClNO/c1-15-3-9-21(11-16(15)2)25-13-18-12-19(23)6-10-22(18)26-14-17-4-7-20(24)8-5-17/h3-12,25H,13-14H2,1-2H3. The van der Waals surface area contributed by atoms with Crippen LogP contribution in [0.3, 0.4) is 0 Å². The Morgan fingerprint density at radius 3 is 2.42 bits per heavy atom. The minimum Gasteiger partial charge on any atom is -0.489 e. The summed E-state index contributed by atoms with van der Waals surface area (Å²) in [4.78, 5) is 0. The van der Waals surface area contributed by atoms with Crippen LogP contribution in [-0.2, 0) is 13.2 Å². The van der Waals surface area contributed by atoms with Crippen molar-refractivity contribution in [3.8, 4) is 5.75 Å². The van der Waals surface area contributed by atoms with Gasteiger partial charge in [-0.1, -0.05) is 45.7 Å². The minimum absolute atomic E-state index is 0.509. The number of hydrogen-bond acceptors (Lipinski definition) is 2. The Labute approximate surface area is 168 Å². The summed E-state index contributed by atoms with van der Waals surface area (Å²) in [6.45, 7) is 5.45. The van der Waals surface area contributed by atoms with Crippen LogP contribution in [0, 0.1) is 13.8 Å². The first-order valence-electron chi connectivity index (χ1n) is 8.48. The first-order valence-corrected chi connectivity index (χ1v) is 9.65. The van der Waals surface area contributed by atoms with Crippen LogP contribution in [0.5, 0.6) is 5.75 Å². The number of halogens is 2. The number of aryl methyl sites for hydroxylation is 2. The molecule has 3 aromatic rings. The van der Waals surface area contributed by atoms with E-state index in [1.54, 1.807) is 0 Å². The van der Waals surface area contributed by atoms with Crippen LogP contribution in [-0.4, -0.2) is 0 Å². The molecule has 1 N–H and O–H groups in total. The fourth-order valence-electron chi connectivity index (χ4n) is 2.62. The summed E-state index contributed by atoms with van der Waals surface area (Å²) in [6, 6.07) is 20.2. The van der Waals surface area contributed by atoms with Crippen molar-refractivity contribution in [3.05, 3.63) is 92.4 Å². The van der Waals surface area contributed by atoms with E-state index < -0.39 is 0 Å². The van der Waals surface area contributed by atoms with Gasteiger partial charge in [-0.25, -0.2) is 0 Å². The SMILES string of the molecule is Cc1ccc(NCc2cc(Br)ccc2OCc2ccc(Cl)cc2)cc1C. The molecule has 0 bridgehead atoms. The third-order valence-electron chi connectivity index (χ3n) is 4.32. The Morgan fingerprint density at radius 2 is 1.69 bits per heavy atom. The summed E-state index contributed by atoms with van der Waals surface area (Å²) in [6.07, 6.45) is 0. The Balaban J connectivity index is 1.70. The summed E-state index contributed by atoms with van der Waals surface area (Å²) in [5, 5.41) is 4.22. The molecule has 0 saturated carbocycles. The van der Waals surface area contributed by atoms with Gasteiger partial charge in [-0.05, 0) is 73.0 Å². The highest BCUT2D eigenvalue weighted by Crippen LogP contribution is 2.26. The molecule has 0 aliphatic carbocycles. The van der Waals surface area contributed by atoms with Crippen molar-refractivity contribution in [2.24, 2.45) is 0 Å². The fourth-order valence-corrected chi connectivity index (χ4v) is 3.15. The summed E-state index contributed by atoms with van der Waals surface area (Å²) in [7, 11) is 0. The van der Waals surface area contributed by atoms with Gasteiger partial charge in [-0.3, -0.25) is 0 Å². The second-order valence-electron chi connectivity index (χ2n) is 6.32. The summed E-state index contributed by atoms with van der Waals surface area (Å²) < 4.78 is 7.08. The number of ether oxygens (including phenoxy) is 1. The first-order chi connectivity index (χ1) is 12.5. The predicted molar refractivity (Wildman–Crippen MR) is 113 cm³/mol. The van der Waals surface area contributed by atoms with Crippen molar-refractivity contribution in [1.82, 2.24) is 0 Å². The average Bonchev–Trinajstić information content (AvgIpc) is 2.63. The Kier molecular flexibility index (Phi) is 6.23. The van der Waals surface area contributed by atoms with Gasteiger partial charge < -0.3 is 10.1 Å². The van der Waals surface area contributed by atoms with Gasteiger partial charge in [0.1, 0.15) is 12.4 Å². The topological polar surface area (TPSA) is 21.3 Å². The van der Waals surface area contributed by atoms with E-state index in [4.69, 9.17) is 16.3 Å². The lowest BCUT2D eigenvalue weighted by Crippen LogP contribution is -2.04. The van der Waals surface area contributed by atoms with E-state index in [1.165, 1.54) is 11.1 Å². The van der Waals surface area contributed by atoms with E-state index >= 15 is 0 Å². The van der Waals surface area contributed by atoms with E-state index in [9.17, 15) is 0 Å². The smallest absolute Gasteiger partial charge is 0.124 e. The Morgan fingerprint density at radius 1 is 0.923 bits per heavy atom. The molecule has 0 atom stereocenters. The molecule has 0 amide bonds. The van der Waals surface area contributed by atoms with Gasteiger partial charge >= 0.3 is 0 Å². The van der Waals surface area contributed by atoms with Gasteiger partial charge in [-0.2, -0.15) is 0 Å². The van der Waals surface area contributed by atoms with Crippen LogP contribution in [0.25, 0.3) is 0 Å². The van der Waals surface area contributed by atoms with Crippen LogP contribution in [0.4, 0.5) is 5.69 Å². The molecule has 3 aromatic carbocycles. The largest absolute Gasteiger partial charge is 0.489 e. The summed E-state index contributed by atoms with van der Waals surface area (Å²) in [5.74, 6) is 0.875. The highest BCUT2D eigenvalue weighted by molar-refractivity contribution is 9.10. The highest BCUT2D eigenvalue weighted by Gasteiger charge is 2.06. The van der Waals surface area contributed by atoms with Gasteiger partial charge in [0.25, 0.3) is 0 Å². The monoisotopic (exact) mass is 429 g/mol. The molecule has 3 rings (SSSR count). The number of hydrogen-bond donors (Lipinski definition) is 1. The Hall–Kier alpha value is -1.97. The van der Waals surface area contributed by atoms with Crippen molar-refractivity contribution >= 4 is 33.2 Å². The molecule has 0 radical (unpaired) electrons. The molecular weight excluding hydrogens is 410 g/mol. The number of rotatable bonds is 6. The van der Waals surface area contributed by atoms with Crippen LogP contribution in [0.15, 0.2) is 65.1 Å². The minimum atomic E-state index is 0.509. The van der Waals surface area contributed by atoms with E-state index in [2.05, 4.69) is 59.4 Å². The lowest BCUT2D eigenvalue weighted by molar-refractivity contribution is 0.303. The molecule has 26 heavy (non-hydrogen) atoms. The first kappa shape index (κ1) is 18.8. The molecule has 0 aliphatic heterocycles. The second kappa shape index (κ2) is 8.61. The third-order valence-corrected chi connectivity index (χ3v) is 5.07. The molecular formula is C22H21BrClNO. The van der Waals surface area contributed by atoms with Crippen molar-refractivity contribution in [2.45, 2.75) is 27.0 Å². The molecule has 0 spiro atoms. The number of benzene rings is 3. The molecule has 134 valence electrons. The molecule has 2 nitrogen and oxygen atoms in total. The van der Waals surface area contributed by atoms with Gasteiger partial charge in [-0.15, -0.1) is 0 Å². The quantitative estimate of drug-likeness (QED) is 0.458. The molecule has 0 heterocycles. The molecule has 0 saturated heterocycles. The van der Waals surface area contributed by atoms with E-state index in [1.807, 2.05) is 36.4 Å². The Bertz CT molecular complexity index is 893. The zero-order valence-electron chi connectivity index (χ0n) is 14.9. The molecule has 0 fully saturated rings. The maximum Gasteiger partial charge on any atom is 0.124 e. The summed E-state index contributed by atoms with van der Waals surface area (Å²) >= 11 is 9.49. The van der Waals surface area contributed by atoms with Crippen LogP contribution < -0.4 is 10.1 Å². The number of nitrogens with one attached hydrogen (secondary N) is 1. The average molecular weight is 431 g/mol. The van der Waals surface area contributed by atoms with E-state index in [-0.39, 0.29) is 0 Å². The molecule has 0 aromatic heterocycles. The zero-order chi connectivity index (χ0) is 18.5. The van der Waals surface area contributed by atoms with E-state index in [0.717, 1.165) is 32.1 Å². The van der Waals surface area contributed by atoms with Gasteiger partial charge in [0.05, 0.1) is 0 Å². The van der Waals surface area contributed by atoms with Crippen LogP contribution in [0.1, 0.15) is 22.3 Å². The molecule has 0 unspecified atom stereocenters. The molecule has 0 aliphatic rings. The van der Waals surface area contributed by atoms with Gasteiger partial charge in [0.2, 0.25) is 0 Å². The van der Waals surface area contributed by atoms with Crippen molar-refractivity contribution in [1.29, 1.82) is 0 Å². The fraction of sp³-hybridized carbons (Fsp3) is 0.182. The van der Waals surface area contributed by atoms with Gasteiger partial charge in [0, 0.05) is 27.3 Å². The third kappa shape index (κ3) is 5.03. The normalized spacial score (nSPS) is 10.6.